The third kappa shape index (κ3) is 5.38. The van der Waals surface area contributed by atoms with Crippen LogP contribution in [0.1, 0.15) is 49.4 Å². The third-order valence-corrected chi connectivity index (χ3v) is 7.53. The highest BCUT2D eigenvalue weighted by Crippen LogP contribution is 2.48. The van der Waals surface area contributed by atoms with Gasteiger partial charge in [-0.25, -0.2) is 18.6 Å². The molecule has 0 saturated heterocycles. The Morgan fingerprint density at radius 2 is 1.64 bits per heavy atom. The summed E-state index contributed by atoms with van der Waals surface area (Å²) in [5.74, 6) is -5.24. The molecule has 0 bridgehead atoms. The van der Waals surface area contributed by atoms with E-state index in [-0.39, 0.29) is 35.4 Å². The molecule has 1 heterocycles. The fourth-order valence-corrected chi connectivity index (χ4v) is 5.80. The van der Waals surface area contributed by atoms with Crippen molar-refractivity contribution >= 4 is 40.2 Å². The first-order valence-corrected chi connectivity index (χ1v) is 13.3. The molecule has 3 aromatic carbocycles. The van der Waals surface area contributed by atoms with Gasteiger partial charge in [0.05, 0.1) is 22.3 Å². The maximum absolute atomic E-state index is 14.7. The van der Waals surface area contributed by atoms with Crippen molar-refractivity contribution in [2.45, 2.75) is 51.1 Å². The van der Waals surface area contributed by atoms with Crippen molar-refractivity contribution in [1.82, 2.24) is 9.55 Å². The molecule has 220 valence electrons. The number of ether oxygens (including phenoxy) is 1. The van der Waals surface area contributed by atoms with E-state index in [1.807, 2.05) is 0 Å². The van der Waals surface area contributed by atoms with E-state index in [1.54, 1.807) is 28.8 Å². The number of aromatic nitrogens is 2. The summed E-state index contributed by atoms with van der Waals surface area (Å²) in [4.78, 5) is 30.8. The number of carboxylic acid groups (broad SMARTS) is 1. The lowest BCUT2D eigenvalue weighted by Gasteiger charge is -2.48. The number of hydrogen-bond acceptors (Lipinski definition) is 4. The fourth-order valence-electron chi connectivity index (χ4n) is 5.68. The van der Waals surface area contributed by atoms with Gasteiger partial charge in [0, 0.05) is 29.6 Å². The quantitative estimate of drug-likeness (QED) is 0.225. The van der Waals surface area contributed by atoms with Crippen molar-refractivity contribution in [2.75, 3.05) is 4.90 Å². The van der Waals surface area contributed by atoms with Crippen molar-refractivity contribution in [3.63, 3.8) is 0 Å². The smallest absolute Gasteiger partial charge is 0.478 e. The Kier molecular flexibility index (Phi) is 7.61. The first-order valence-electron chi connectivity index (χ1n) is 12.9. The normalized spacial score (nSPS) is 15.0. The molecule has 7 nitrogen and oxygen atoms in total. The second-order valence-corrected chi connectivity index (χ2v) is 10.4. The fraction of sp³-hybridized carbons (Fsp3) is 0.276. The molecule has 1 aliphatic carbocycles. The number of amides is 1. The SMILES string of the molecule is CC(=O)N(c1ccc(C(=O)O)cc1OC(F)(F)F)C1(n2c(-c3ccc(Cl)cc3)nc3cc(F)c(F)cc32)CCCCC1. The van der Waals surface area contributed by atoms with Gasteiger partial charge < -0.3 is 9.84 Å². The Morgan fingerprint density at radius 1 is 1.00 bits per heavy atom. The van der Waals surface area contributed by atoms with E-state index in [9.17, 15) is 36.6 Å². The standard InChI is InChI=1S/C29H23ClF5N3O4/c1-16(39)37(23-10-7-18(27(40)41)13-25(23)42-29(33,34)35)28(11-3-2-4-12-28)38-24-15-21(32)20(31)14-22(24)36-26(38)17-5-8-19(30)9-6-17/h5-10,13-15H,2-4,11-12H2,1H3,(H,40,41). The lowest BCUT2D eigenvalue weighted by molar-refractivity contribution is -0.274. The van der Waals surface area contributed by atoms with Crippen LogP contribution in [0.15, 0.2) is 54.6 Å². The van der Waals surface area contributed by atoms with Crippen LogP contribution in [0.5, 0.6) is 5.75 Å². The predicted octanol–water partition coefficient (Wildman–Crippen LogP) is 7.90. The van der Waals surface area contributed by atoms with Crippen LogP contribution in [0.3, 0.4) is 0 Å². The van der Waals surface area contributed by atoms with E-state index in [0.717, 1.165) is 42.5 Å². The monoisotopic (exact) mass is 607 g/mol. The number of hydrogen-bond donors (Lipinski definition) is 1. The Bertz CT molecular complexity index is 1680. The Hall–Kier alpha value is -4.19. The second kappa shape index (κ2) is 10.9. The zero-order chi connectivity index (χ0) is 30.4. The molecule has 0 atom stereocenters. The molecule has 1 aliphatic rings. The number of carbonyl (C=O) groups is 2. The molecular weight excluding hydrogens is 585 g/mol. The number of alkyl halides is 3. The van der Waals surface area contributed by atoms with Crippen LogP contribution < -0.4 is 9.64 Å². The molecule has 42 heavy (non-hydrogen) atoms. The summed E-state index contributed by atoms with van der Waals surface area (Å²) >= 11 is 6.09. The molecule has 1 aromatic heterocycles. The van der Waals surface area contributed by atoms with Crippen molar-refractivity contribution in [3.05, 3.63) is 76.8 Å². The summed E-state index contributed by atoms with van der Waals surface area (Å²) in [7, 11) is 0. The van der Waals surface area contributed by atoms with Crippen molar-refractivity contribution < 1.29 is 41.4 Å². The summed E-state index contributed by atoms with van der Waals surface area (Å²) in [6, 6.07) is 11.1. The maximum Gasteiger partial charge on any atom is 0.573 e. The van der Waals surface area contributed by atoms with Crippen molar-refractivity contribution in [1.29, 1.82) is 0 Å². The van der Waals surface area contributed by atoms with Crippen LogP contribution in [0, 0.1) is 11.6 Å². The minimum atomic E-state index is -5.22. The van der Waals surface area contributed by atoms with E-state index >= 15 is 0 Å². The summed E-state index contributed by atoms with van der Waals surface area (Å²) in [5, 5.41) is 9.85. The number of imidazole rings is 1. The van der Waals surface area contributed by atoms with Crippen LogP contribution in [-0.4, -0.2) is 32.9 Å². The van der Waals surface area contributed by atoms with Gasteiger partial charge in [0.15, 0.2) is 17.4 Å². The number of halogens is 6. The molecule has 1 fully saturated rings. The number of rotatable bonds is 6. The van der Waals surface area contributed by atoms with Crippen LogP contribution in [-0.2, 0) is 10.5 Å². The Labute approximate surface area is 241 Å². The van der Waals surface area contributed by atoms with E-state index in [4.69, 9.17) is 11.6 Å². The summed E-state index contributed by atoms with van der Waals surface area (Å²) in [6.45, 7) is 1.15. The van der Waals surface area contributed by atoms with E-state index in [0.29, 0.717) is 29.5 Å². The molecule has 1 saturated carbocycles. The molecule has 0 aliphatic heterocycles. The van der Waals surface area contributed by atoms with Gasteiger partial charge in [-0.1, -0.05) is 18.0 Å². The van der Waals surface area contributed by atoms with Gasteiger partial charge in [0.2, 0.25) is 5.91 Å². The molecule has 0 unspecified atom stereocenters. The topological polar surface area (TPSA) is 84.7 Å². The molecular formula is C29H23ClF5N3O4. The van der Waals surface area contributed by atoms with E-state index in [2.05, 4.69) is 9.72 Å². The number of fused-ring (bicyclic) bond motifs is 1. The Morgan fingerprint density at radius 3 is 2.24 bits per heavy atom. The molecule has 0 spiro atoms. The number of benzene rings is 3. The third-order valence-electron chi connectivity index (χ3n) is 7.27. The van der Waals surface area contributed by atoms with Gasteiger partial charge in [0.1, 0.15) is 11.5 Å². The van der Waals surface area contributed by atoms with Gasteiger partial charge in [-0.05, 0) is 68.1 Å². The molecule has 1 amide bonds. The van der Waals surface area contributed by atoms with Gasteiger partial charge >= 0.3 is 12.3 Å². The average molecular weight is 608 g/mol. The maximum atomic E-state index is 14.7. The molecule has 13 heteroatoms. The highest BCUT2D eigenvalue weighted by atomic mass is 35.5. The number of anilines is 1. The van der Waals surface area contributed by atoms with Crippen LogP contribution in [0.4, 0.5) is 27.6 Å². The predicted molar refractivity (Wildman–Crippen MR) is 144 cm³/mol. The van der Waals surface area contributed by atoms with Crippen molar-refractivity contribution in [2.24, 2.45) is 0 Å². The molecule has 1 N–H and O–H groups in total. The minimum absolute atomic E-state index is 0.0558. The first kappa shape index (κ1) is 29.3. The number of carbonyl (C=O) groups excluding carboxylic acids is 1. The summed E-state index contributed by atoms with van der Waals surface area (Å²) < 4.78 is 75.6. The van der Waals surface area contributed by atoms with Crippen LogP contribution >= 0.6 is 11.6 Å². The molecule has 4 aromatic rings. The van der Waals surface area contributed by atoms with Gasteiger partial charge in [-0.15, -0.1) is 13.2 Å². The molecule has 5 rings (SSSR count). The lowest BCUT2D eigenvalue weighted by Crippen LogP contribution is -2.54. The molecule has 0 radical (unpaired) electrons. The highest BCUT2D eigenvalue weighted by Gasteiger charge is 2.46. The zero-order valence-electron chi connectivity index (χ0n) is 22.0. The van der Waals surface area contributed by atoms with Crippen LogP contribution in [0.25, 0.3) is 22.4 Å². The zero-order valence-corrected chi connectivity index (χ0v) is 22.8. The number of aromatic carboxylic acids is 1. The highest BCUT2D eigenvalue weighted by molar-refractivity contribution is 6.30. The first-order chi connectivity index (χ1) is 19.8. The van der Waals surface area contributed by atoms with Gasteiger partial charge in [-0.2, -0.15) is 0 Å². The summed E-state index contributed by atoms with van der Waals surface area (Å²) in [6.07, 6.45) is -3.03. The van der Waals surface area contributed by atoms with Crippen LogP contribution in [0.2, 0.25) is 5.02 Å². The minimum Gasteiger partial charge on any atom is -0.478 e. The van der Waals surface area contributed by atoms with Crippen molar-refractivity contribution in [3.8, 4) is 17.1 Å². The van der Waals surface area contributed by atoms with E-state index < -0.39 is 46.8 Å². The number of nitrogens with zero attached hydrogens (tertiary/aromatic N) is 3. The number of carboxylic acids is 1. The summed E-state index contributed by atoms with van der Waals surface area (Å²) in [5.41, 5.74) is -1.69. The second-order valence-electron chi connectivity index (χ2n) is 9.97. The lowest BCUT2D eigenvalue weighted by atomic mass is 9.85. The van der Waals surface area contributed by atoms with Gasteiger partial charge in [-0.3, -0.25) is 14.3 Å². The largest absolute Gasteiger partial charge is 0.573 e. The Balaban J connectivity index is 1.86. The van der Waals surface area contributed by atoms with E-state index in [1.165, 1.54) is 0 Å². The average Bonchev–Trinajstić information content (AvgIpc) is 3.28. The van der Waals surface area contributed by atoms with Gasteiger partial charge in [0.25, 0.3) is 0 Å².